The molecule has 0 saturated carbocycles. The molecule has 0 bridgehead atoms. The van der Waals surface area contributed by atoms with Gasteiger partial charge in [0.15, 0.2) is 5.58 Å². The molecule has 0 radical (unpaired) electrons. The molecule has 5 nitrogen and oxygen atoms in total. The van der Waals surface area contributed by atoms with Gasteiger partial charge >= 0.3 is 11.9 Å². The van der Waals surface area contributed by atoms with E-state index in [2.05, 4.69) is 0 Å². The maximum atomic E-state index is 12.0. The van der Waals surface area contributed by atoms with Gasteiger partial charge in [-0.2, -0.15) is 13.2 Å². The van der Waals surface area contributed by atoms with Crippen molar-refractivity contribution in [2.75, 3.05) is 6.54 Å². The molecule has 0 atom stereocenters. The first kappa shape index (κ1) is 14.4. The largest absolute Gasteiger partial charge is 0.420 e. The molecule has 1 aromatic heterocycles. The quantitative estimate of drug-likeness (QED) is 0.942. The summed E-state index contributed by atoms with van der Waals surface area (Å²) in [7, 11) is 0. The Labute approximate surface area is 114 Å². The van der Waals surface area contributed by atoms with Crippen molar-refractivity contribution >= 4 is 28.6 Å². The molecule has 9 heteroatoms. The predicted molar refractivity (Wildman–Crippen MR) is 64.5 cm³/mol. The Balaban J connectivity index is 2.19. The van der Waals surface area contributed by atoms with Crippen LogP contribution in [-0.4, -0.2) is 23.2 Å². The molecule has 0 aliphatic rings. The third-order valence-electron chi connectivity index (χ3n) is 2.42. The third-order valence-corrected chi connectivity index (χ3v) is 2.65. The van der Waals surface area contributed by atoms with E-state index in [0.717, 1.165) is 4.57 Å². The van der Waals surface area contributed by atoms with E-state index in [4.69, 9.17) is 16.0 Å². The van der Waals surface area contributed by atoms with Crippen molar-refractivity contribution in [1.82, 2.24) is 9.88 Å². The van der Waals surface area contributed by atoms with Crippen LogP contribution in [0.5, 0.6) is 0 Å². The summed E-state index contributed by atoms with van der Waals surface area (Å²) in [6, 6.07) is 4.30. The Morgan fingerprint density at radius 1 is 1.40 bits per heavy atom. The first-order valence-corrected chi connectivity index (χ1v) is 5.76. The summed E-state index contributed by atoms with van der Waals surface area (Å²) in [5.41, 5.74) is 0.438. The molecule has 0 fully saturated rings. The van der Waals surface area contributed by atoms with Crippen LogP contribution in [0.15, 0.2) is 27.4 Å². The number of halogens is 4. The fraction of sp³-hybridized carbons (Fsp3) is 0.273. The van der Waals surface area contributed by atoms with Crippen molar-refractivity contribution in [2.24, 2.45) is 0 Å². The minimum absolute atomic E-state index is 0.158. The Morgan fingerprint density at radius 2 is 2.10 bits per heavy atom. The molecule has 0 unspecified atom stereocenters. The number of nitrogens with one attached hydrogen (secondary N) is 1. The lowest BCUT2D eigenvalue weighted by Gasteiger charge is -2.08. The summed E-state index contributed by atoms with van der Waals surface area (Å²) in [5, 5.41) is 2.01. The van der Waals surface area contributed by atoms with E-state index in [1.165, 1.54) is 18.2 Å². The van der Waals surface area contributed by atoms with Gasteiger partial charge in [-0.1, -0.05) is 11.6 Å². The van der Waals surface area contributed by atoms with Gasteiger partial charge in [-0.15, -0.1) is 0 Å². The summed E-state index contributed by atoms with van der Waals surface area (Å²) >= 11 is 5.71. The van der Waals surface area contributed by atoms with E-state index in [-0.39, 0.29) is 11.1 Å². The maximum absolute atomic E-state index is 12.0. The van der Waals surface area contributed by atoms with E-state index in [0.29, 0.717) is 5.02 Å². The first-order chi connectivity index (χ1) is 9.26. The molecule has 20 heavy (non-hydrogen) atoms. The Bertz CT molecular complexity index is 705. The molecule has 2 aromatic rings. The number of nitrogens with zero attached hydrogens (tertiary/aromatic N) is 1. The van der Waals surface area contributed by atoms with Gasteiger partial charge in [0.25, 0.3) is 0 Å². The lowest BCUT2D eigenvalue weighted by Crippen LogP contribution is -2.37. The van der Waals surface area contributed by atoms with E-state index >= 15 is 0 Å². The van der Waals surface area contributed by atoms with Crippen LogP contribution in [0.3, 0.4) is 0 Å². The highest BCUT2D eigenvalue weighted by Gasteiger charge is 2.27. The number of carbonyl (C=O) groups excluding carboxylic acids is 1. The highest BCUT2D eigenvalue weighted by Crippen LogP contribution is 2.18. The number of rotatable bonds is 3. The summed E-state index contributed by atoms with van der Waals surface area (Å²) in [6.45, 7) is -2.02. The van der Waals surface area contributed by atoms with Crippen LogP contribution >= 0.6 is 11.6 Å². The SMILES string of the molecule is O=C(Cn1c(=O)oc2cc(Cl)ccc21)NCC(F)(F)F. The number of aromatic nitrogens is 1. The van der Waals surface area contributed by atoms with E-state index in [1.54, 1.807) is 5.32 Å². The average molecular weight is 309 g/mol. The van der Waals surface area contributed by atoms with Gasteiger partial charge in [-0.05, 0) is 12.1 Å². The highest BCUT2D eigenvalue weighted by molar-refractivity contribution is 6.31. The van der Waals surface area contributed by atoms with Gasteiger partial charge in [0.2, 0.25) is 5.91 Å². The van der Waals surface area contributed by atoms with Crippen LogP contribution in [-0.2, 0) is 11.3 Å². The van der Waals surface area contributed by atoms with Crippen LogP contribution in [0, 0.1) is 0 Å². The number of alkyl halides is 3. The van der Waals surface area contributed by atoms with Crippen molar-refractivity contribution in [2.45, 2.75) is 12.7 Å². The van der Waals surface area contributed by atoms with Crippen molar-refractivity contribution in [3.05, 3.63) is 33.8 Å². The number of oxazole rings is 1. The summed E-state index contributed by atoms with van der Waals surface area (Å²) in [6.07, 6.45) is -4.51. The van der Waals surface area contributed by atoms with Crippen molar-refractivity contribution in [3.63, 3.8) is 0 Å². The van der Waals surface area contributed by atoms with E-state index in [9.17, 15) is 22.8 Å². The fourth-order valence-electron chi connectivity index (χ4n) is 1.59. The maximum Gasteiger partial charge on any atom is 0.420 e. The van der Waals surface area contributed by atoms with Gasteiger partial charge in [-0.3, -0.25) is 9.36 Å². The Morgan fingerprint density at radius 3 is 2.75 bits per heavy atom. The van der Waals surface area contributed by atoms with Gasteiger partial charge < -0.3 is 9.73 Å². The molecule has 1 heterocycles. The summed E-state index contributed by atoms with van der Waals surface area (Å²) in [5.74, 6) is -1.79. The second-order valence-electron chi connectivity index (χ2n) is 3.96. The van der Waals surface area contributed by atoms with Crippen LogP contribution in [0.25, 0.3) is 11.1 Å². The zero-order valence-electron chi connectivity index (χ0n) is 9.83. The number of amides is 1. The minimum Gasteiger partial charge on any atom is -0.408 e. The monoisotopic (exact) mass is 308 g/mol. The number of hydrogen-bond donors (Lipinski definition) is 1. The average Bonchev–Trinajstić information content (AvgIpc) is 2.62. The Kier molecular flexibility index (Phi) is 3.76. The molecular weight excluding hydrogens is 301 g/mol. The van der Waals surface area contributed by atoms with Crippen LogP contribution < -0.4 is 11.1 Å². The lowest BCUT2D eigenvalue weighted by atomic mass is 10.3. The minimum atomic E-state index is -4.51. The van der Waals surface area contributed by atoms with Crippen molar-refractivity contribution in [3.8, 4) is 0 Å². The summed E-state index contributed by atoms with van der Waals surface area (Å²) in [4.78, 5) is 22.9. The molecule has 0 spiro atoms. The number of hydrogen-bond acceptors (Lipinski definition) is 3. The third kappa shape index (κ3) is 3.32. The molecule has 0 aliphatic heterocycles. The predicted octanol–water partition coefficient (Wildman–Crippen LogP) is 1.93. The van der Waals surface area contributed by atoms with Crippen molar-refractivity contribution < 1.29 is 22.4 Å². The van der Waals surface area contributed by atoms with E-state index in [1.807, 2.05) is 0 Å². The lowest BCUT2D eigenvalue weighted by molar-refractivity contribution is -0.138. The molecule has 0 saturated heterocycles. The number of carbonyl (C=O) groups is 1. The van der Waals surface area contributed by atoms with Gasteiger partial charge in [0.05, 0.1) is 5.52 Å². The van der Waals surface area contributed by atoms with Gasteiger partial charge in [0, 0.05) is 11.1 Å². The van der Waals surface area contributed by atoms with Gasteiger partial charge in [0.1, 0.15) is 13.1 Å². The fourth-order valence-corrected chi connectivity index (χ4v) is 1.75. The molecule has 1 amide bonds. The molecular formula is C11H8ClF3N2O3. The van der Waals surface area contributed by atoms with Crippen molar-refractivity contribution in [1.29, 1.82) is 0 Å². The highest BCUT2D eigenvalue weighted by atomic mass is 35.5. The normalized spacial score (nSPS) is 11.8. The zero-order chi connectivity index (χ0) is 14.9. The second-order valence-corrected chi connectivity index (χ2v) is 4.39. The molecule has 108 valence electrons. The van der Waals surface area contributed by atoms with Gasteiger partial charge in [-0.25, -0.2) is 4.79 Å². The topological polar surface area (TPSA) is 64.2 Å². The Hall–Kier alpha value is -1.96. The van der Waals surface area contributed by atoms with Crippen LogP contribution in [0.4, 0.5) is 13.2 Å². The zero-order valence-corrected chi connectivity index (χ0v) is 10.6. The second kappa shape index (κ2) is 5.20. The standard InChI is InChI=1S/C11H8ClF3N2O3/c12-6-1-2-7-8(3-6)20-10(19)17(7)4-9(18)16-5-11(13,14)15/h1-3H,4-5H2,(H,16,18). The molecule has 0 aliphatic carbocycles. The molecule has 2 rings (SSSR count). The first-order valence-electron chi connectivity index (χ1n) is 5.38. The van der Waals surface area contributed by atoms with E-state index < -0.39 is 30.9 Å². The molecule has 1 N–H and O–H groups in total. The van der Waals surface area contributed by atoms with Crippen LogP contribution in [0.2, 0.25) is 5.02 Å². The number of fused-ring (bicyclic) bond motifs is 1. The molecule has 1 aromatic carbocycles. The number of benzene rings is 1. The van der Waals surface area contributed by atoms with Crippen LogP contribution in [0.1, 0.15) is 0 Å². The smallest absolute Gasteiger partial charge is 0.408 e. The summed E-state index contributed by atoms with van der Waals surface area (Å²) < 4.78 is 41.6.